The van der Waals surface area contributed by atoms with Crippen LogP contribution in [-0.4, -0.2) is 29.8 Å². The molecule has 0 bridgehead atoms. The second kappa shape index (κ2) is 5.76. The van der Waals surface area contributed by atoms with Gasteiger partial charge in [0.1, 0.15) is 0 Å². The van der Waals surface area contributed by atoms with Crippen LogP contribution in [0.15, 0.2) is 18.2 Å². The van der Waals surface area contributed by atoms with E-state index in [1.165, 1.54) is 0 Å². The fourth-order valence-corrected chi connectivity index (χ4v) is 2.96. The lowest BCUT2D eigenvalue weighted by Crippen LogP contribution is -2.29. The van der Waals surface area contributed by atoms with E-state index in [0.717, 1.165) is 23.1 Å². The summed E-state index contributed by atoms with van der Waals surface area (Å²) in [5.41, 5.74) is 0.688. The van der Waals surface area contributed by atoms with Gasteiger partial charge in [-0.15, -0.1) is 11.6 Å². The largest absolute Gasteiger partial charge is 0.338 e. The molecule has 1 atom stereocenters. The number of likely N-dealkylation sites (tertiary alicyclic amines) is 1. The average Bonchev–Trinajstić information content (AvgIpc) is 2.80. The number of alkyl halides is 1. The second-order valence-corrected chi connectivity index (χ2v) is 6.09. The Morgan fingerprint density at radius 3 is 2.94 bits per heavy atom. The Labute approximate surface area is 124 Å². The molecule has 1 heterocycles. The van der Waals surface area contributed by atoms with Crippen LogP contribution in [0.4, 0.5) is 0 Å². The normalized spacial score (nSPS) is 19.7. The lowest BCUT2D eigenvalue weighted by molar-refractivity contribution is 0.0787. The van der Waals surface area contributed by atoms with E-state index in [-0.39, 0.29) is 5.91 Å². The standard InChI is InChI=1S/C12H12Cl2INO/c13-6-8-3-4-16(7-8)12(17)10-5-9(14)1-2-11(10)15/h1-2,5,8H,3-4,6-7H2. The summed E-state index contributed by atoms with van der Waals surface area (Å²) < 4.78 is 0.936. The summed E-state index contributed by atoms with van der Waals surface area (Å²) in [6, 6.07) is 5.40. The molecule has 1 aliphatic rings. The predicted molar refractivity (Wildman–Crippen MR) is 78.9 cm³/mol. The van der Waals surface area contributed by atoms with Gasteiger partial charge in [0.25, 0.3) is 5.91 Å². The molecule has 2 nitrogen and oxygen atoms in total. The van der Waals surface area contributed by atoms with E-state index in [1.54, 1.807) is 12.1 Å². The number of carbonyl (C=O) groups excluding carboxylic acids is 1. The Morgan fingerprint density at radius 1 is 1.53 bits per heavy atom. The SMILES string of the molecule is O=C(c1cc(Cl)ccc1I)N1CCC(CCl)C1. The maximum Gasteiger partial charge on any atom is 0.254 e. The van der Waals surface area contributed by atoms with Crippen LogP contribution >= 0.6 is 45.8 Å². The van der Waals surface area contributed by atoms with E-state index in [9.17, 15) is 4.79 Å². The molecular formula is C12H12Cl2INO. The highest BCUT2D eigenvalue weighted by Gasteiger charge is 2.27. The summed E-state index contributed by atoms with van der Waals surface area (Å²) in [5.74, 6) is 1.11. The Hall–Kier alpha value is -0.000000000000000111. The van der Waals surface area contributed by atoms with E-state index in [1.807, 2.05) is 11.0 Å². The molecule has 0 aliphatic carbocycles. The topological polar surface area (TPSA) is 20.3 Å². The first kappa shape index (κ1) is 13.4. The lowest BCUT2D eigenvalue weighted by Gasteiger charge is -2.17. The minimum Gasteiger partial charge on any atom is -0.338 e. The maximum absolute atomic E-state index is 12.3. The fourth-order valence-electron chi connectivity index (χ4n) is 1.97. The number of amides is 1. The van der Waals surface area contributed by atoms with Crippen molar-refractivity contribution >= 4 is 51.7 Å². The van der Waals surface area contributed by atoms with Crippen LogP contribution in [0.25, 0.3) is 0 Å². The molecule has 0 saturated carbocycles. The van der Waals surface area contributed by atoms with Gasteiger partial charge in [-0.2, -0.15) is 0 Å². The molecular weight excluding hydrogens is 372 g/mol. The molecule has 1 saturated heterocycles. The van der Waals surface area contributed by atoms with Crippen LogP contribution in [0.3, 0.4) is 0 Å². The first-order valence-corrected chi connectivity index (χ1v) is 7.41. The summed E-state index contributed by atoms with van der Waals surface area (Å²) in [5, 5.41) is 0.599. The summed E-state index contributed by atoms with van der Waals surface area (Å²) in [4.78, 5) is 14.2. The van der Waals surface area contributed by atoms with Crippen molar-refractivity contribution in [2.75, 3.05) is 19.0 Å². The second-order valence-electron chi connectivity index (χ2n) is 4.18. The van der Waals surface area contributed by atoms with Gasteiger partial charge in [0, 0.05) is 27.6 Å². The summed E-state index contributed by atoms with van der Waals surface area (Å²) in [6.07, 6.45) is 0.992. The maximum atomic E-state index is 12.3. The number of hydrogen-bond donors (Lipinski definition) is 0. The zero-order chi connectivity index (χ0) is 12.4. The predicted octanol–water partition coefficient (Wildman–Crippen LogP) is 3.65. The molecule has 17 heavy (non-hydrogen) atoms. The lowest BCUT2D eigenvalue weighted by atomic mass is 10.1. The number of halogens is 3. The molecule has 1 aromatic rings. The van der Waals surface area contributed by atoms with Crippen LogP contribution in [0, 0.1) is 9.49 Å². The third-order valence-corrected chi connectivity index (χ3v) is 4.56. The van der Waals surface area contributed by atoms with Crippen molar-refractivity contribution in [3.63, 3.8) is 0 Å². The Bertz CT molecular complexity index is 439. The fraction of sp³-hybridized carbons (Fsp3) is 0.417. The van der Waals surface area contributed by atoms with Gasteiger partial charge in [0.2, 0.25) is 0 Å². The van der Waals surface area contributed by atoms with Crippen LogP contribution in [0.2, 0.25) is 5.02 Å². The van der Waals surface area contributed by atoms with E-state index in [4.69, 9.17) is 23.2 Å². The van der Waals surface area contributed by atoms with Gasteiger partial charge < -0.3 is 4.90 Å². The van der Waals surface area contributed by atoms with Gasteiger partial charge in [0.15, 0.2) is 0 Å². The summed E-state index contributed by atoms with van der Waals surface area (Å²) >= 11 is 13.9. The van der Waals surface area contributed by atoms with Crippen molar-refractivity contribution in [3.05, 3.63) is 32.4 Å². The molecule has 1 amide bonds. The monoisotopic (exact) mass is 383 g/mol. The van der Waals surface area contributed by atoms with E-state index < -0.39 is 0 Å². The third-order valence-electron chi connectivity index (χ3n) is 2.95. The van der Waals surface area contributed by atoms with Crippen molar-refractivity contribution < 1.29 is 4.79 Å². The smallest absolute Gasteiger partial charge is 0.254 e. The zero-order valence-corrected chi connectivity index (χ0v) is 12.8. The van der Waals surface area contributed by atoms with E-state index in [0.29, 0.717) is 22.4 Å². The molecule has 0 N–H and O–H groups in total. The summed E-state index contributed by atoms with van der Waals surface area (Å²) in [7, 11) is 0. The van der Waals surface area contributed by atoms with Gasteiger partial charge in [-0.05, 0) is 53.1 Å². The first-order valence-electron chi connectivity index (χ1n) is 5.42. The average molecular weight is 384 g/mol. The van der Waals surface area contributed by atoms with E-state index >= 15 is 0 Å². The van der Waals surface area contributed by atoms with Gasteiger partial charge in [0.05, 0.1) is 5.56 Å². The third kappa shape index (κ3) is 3.06. The Kier molecular flexibility index (Phi) is 4.55. The van der Waals surface area contributed by atoms with Gasteiger partial charge in [-0.25, -0.2) is 0 Å². The van der Waals surface area contributed by atoms with Gasteiger partial charge >= 0.3 is 0 Å². The highest BCUT2D eigenvalue weighted by Crippen LogP contribution is 2.23. The van der Waals surface area contributed by atoms with Crippen molar-refractivity contribution in [2.24, 2.45) is 5.92 Å². The highest BCUT2D eigenvalue weighted by atomic mass is 127. The number of benzene rings is 1. The quantitative estimate of drug-likeness (QED) is 0.564. The molecule has 0 aromatic heterocycles. The summed E-state index contributed by atoms with van der Waals surface area (Å²) in [6.45, 7) is 1.55. The van der Waals surface area contributed by atoms with Crippen molar-refractivity contribution in [3.8, 4) is 0 Å². The number of nitrogens with zero attached hydrogens (tertiary/aromatic N) is 1. The molecule has 0 spiro atoms. The molecule has 5 heteroatoms. The molecule has 0 radical (unpaired) electrons. The number of rotatable bonds is 2. The first-order chi connectivity index (χ1) is 8.11. The zero-order valence-electron chi connectivity index (χ0n) is 9.13. The van der Waals surface area contributed by atoms with Crippen LogP contribution in [0.5, 0.6) is 0 Å². The van der Waals surface area contributed by atoms with E-state index in [2.05, 4.69) is 22.6 Å². The van der Waals surface area contributed by atoms with Crippen LogP contribution in [0.1, 0.15) is 16.8 Å². The minimum atomic E-state index is 0.0597. The molecule has 2 rings (SSSR count). The molecule has 1 unspecified atom stereocenters. The van der Waals surface area contributed by atoms with Crippen molar-refractivity contribution in [2.45, 2.75) is 6.42 Å². The molecule has 1 aliphatic heterocycles. The van der Waals surface area contributed by atoms with Crippen molar-refractivity contribution in [1.29, 1.82) is 0 Å². The van der Waals surface area contributed by atoms with Crippen LogP contribution < -0.4 is 0 Å². The van der Waals surface area contributed by atoms with Gasteiger partial charge in [-0.3, -0.25) is 4.79 Å². The number of hydrogen-bond acceptors (Lipinski definition) is 1. The molecule has 92 valence electrons. The number of carbonyl (C=O) groups is 1. The van der Waals surface area contributed by atoms with Crippen molar-refractivity contribution in [1.82, 2.24) is 4.90 Å². The minimum absolute atomic E-state index is 0.0597. The van der Waals surface area contributed by atoms with Gasteiger partial charge in [-0.1, -0.05) is 11.6 Å². The molecule has 1 aromatic carbocycles. The Morgan fingerprint density at radius 2 is 2.29 bits per heavy atom. The molecule has 1 fully saturated rings. The Balaban J connectivity index is 2.17. The highest BCUT2D eigenvalue weighted by molar-refractivity contribution is 14.1. The van der Waals surface area contributed by atoms with Crippen LogP contribution in [-0.2, 0) is 0 Å².